The summed E-state index contributed by atoms with van der Waals surface area (Å²) in [4.78, 5) is 8.31. The third-order valence-electron chi connectivity index (χ3n) is 3.64. The number of ether oxygens (including phenoxy) is 1. The van der Waals surface area contributed by atoms with Gasteiger partial charge in [0.15, 0.2) is 5.96 Å². The summed E-state index contributed by atoms with van der Waals surface area (Å²) in [6.45, 7) is 3.51. The second-order valence-electron chi connectivity index (χ2n) is 5.40. The third-order valence-corrected chi connectivity index (χ3v) is 3.86. The minimum absolute atomic E-state index is 0.513. The fourth-order valence-electron chi connectivity index (χ4n) is 2.34. The summed E-state index contributed by atoms with van der Waals surface area (Å²) >= 11 is 5.78. The molecule has 0 spiro atoms. The molecule has 1 heterocycles. The number of aromatic nitrogens is 1. The molecule has 0 radical (unpaired) electrons. The van der Waals surface area contributed by atoms with Crippen molar-refractivity contribution in [3.05, 3.63) is 58.4 Å². The quantitative estimate of drug-likeness (QED) is 0.479. The lowest BCUT2D eigenvalue weighted by Gasteiger charge is -2.13. The highest BCUT2D eigenvalue weighted by Gasteiger charge is 2.02. The van der Waals surface area contributed by atoms with Crippen LogP contribution in [0.25, 0.3) is 0 Å². The van der Waals surface area contributed by atoms with Gasteiger partial charge >= 0.3 is 0 Å². The Labute approximate surface area is 148 Å². The van der Waals surface area contributed by atoms with Gasteiger partial charge in [0.2, 0.25) is 0 Å². The Hall–Kier alpha value is -2.27. The monoisotopic (exact) mass is 346 g/mol. The van der Waals surface area contributed by atoms with Crippen molar-refractivity contribution in [3.8, 4) is 5.75 Å². The first-order chi connectivity index (χ1) is 11.6. The fourth-order valence-corrected chi connectivity index (χ4v) is 2.45. The molecule has 0 fully saturated rings. The van der Waals surface area contributed by atoms with Crippen LogP contribution in [0.1, 0.15) is 16.7 Å². The van der Waals surface area contributed by atoms with Crippen molar-refractivity contribution >= 4 is 17.6 Å². The van der Waals surface area contributed by atoms with Crippen molar-refractivity contribution in [1.82, 2.24) is 15.6 Å². The molecule has 24 heavy (non-hydrogen) atoms. The molecule has 6 heteroatoms. The number of hydrogen-bond donors (Lipinski definition) is 2. The number of halogens is 1. The maximum Gasteiger partial charge on any atom is 0.191 e. The van der Waals surface area contributed by atoms with Gasteiger partial charge in [-0.2, -0.15) is 0 Å². The number of guanidine groups is 1. The van der Waals surface area contributed by atoms with Gasteiger partial charge in [-0.3, -0.25) is 4.99 Å². The number of methoxy groups -OCH3 is 1. The number of rotatable bonds is 6. The Bertz CT molecular complexity index is 686. The van der Waals surface area contributed by atoms with Crippen molar-refractivity contribution in [3.63, 3.8) is 0 Å². The van der Waals surface area contributed by atoms with E-state index in [1.54, 1.807) is 26.4 Å². The van der Waals surface area contributed by atoms with E-state index < -0.39 is 0 Å². The van der Waals surface area contributed by atoms with Crippen LogP contribution >= 0.6 is 11.6 Å². The summed E-state index contributed by atoms with van der Waals surface area (Å²) < 4.78 is 5.28. The van der Waals surface area contributed by atoms with Crippen LogP contribution in [0.15, 0.2) is 41.5 Å². The maximum absolute atomic E-state index is 5.78. The standard InChI is InChI=1S/C18H23ClN4O/c1-13-10-15(4-6-16(13)24-3)12-23-18(20-2)21-9-8-14-5-7-17(19)22-11-14/h4-7,10-11H,8-9,12H2,1-3H3,(H2,20,21,23). The van der Waals surface area contributed by atoms with Crippen LogP contribution in [0, 0.1) is 6.92 Å². The van der Waals surface area contributed by atoms with Gasteiger partial charge in [-0.15, -0.1) is 0 Å². The molecule has 128 valence electrons. The van der Waals surface area contributed by atoms with Gasteiger partial charge in [-0.25, -0.2) is 4.98 Å². The van der Waals surface area contributed by atoms with Gasteiger partial charge in [0.05, 0.1) is 7.11 Å². The summed E-state index contributed by atoms with van der Waals surface area (Å²) in [5.41, 5.74) is 3.43. The topological polar surface area (TPSA) is 58.5 Å². The van der Waals surface area contributed by atoms with Crippen LogP contribution in [-0.2, 0) is 13.0 Å². The zero-order valence-electron chi connectivity index (χ0n) is 14.3. The minimum Gasteiger partial charge on any atom is -0.496 e. The van der Waals surface area contributed by atoms with Gasteiger partial charge in [0.1, 0.15) is 10.9 Å². The van der Waals surface area contributed by atoms with Crippen LogP contribution in [0.4, 0.5) is 0 Å². The second-order valence-corrected chi connectivity index (χ2v) is 5.78. The van der Waals surface area contributed by atoms with Gasteiger partial charge in [0.25, 0.3) is 0 Å². The molecule has 2 N–H and O–H groups in total. The molecule has 0 unspecified atom stereocenters. The lowest BCUT2D eigenvalue weighted by atomic mass is 10.1. The molecular weight excluding hydrogens is 324 g/mol. The summed E-state index contributed by atoms with van der Waals surface area (Å²) in [7, 11) is 3.45. The summed E-state index contributed by atoms with van der Waals surface area (Å²) in [6, 6.07) is 9.92. The Morgan fingerprint density at radius 2 is 2.00 bits per heavy atom. The molecule has 2 rings (SSSR count). The number of aryl methyl sites for hydroxylation is 1. The maximum atomic E-state index is 5.78. The first kappa shape index (κ1) is 18.1. The number of aliphatic imine (C=N–C) groups is 1. The van der Waals surface area contributed by atoms with Crippen molar-refractivity contribution in [2.24, 2.45) is 4.99 Å². The van der Waals surface area contributed by atoms with Gasteiger partial charge in [-0.1, -0.05) is 29.8 Å². The molecule has 0 aliphatic heterocycles. The number of nitrogens with zero attached hydrogens (tertiary/aromatic N) is 2. The zero-order chi connectivity index (χ0) is 17.4. The van der Waals surface area contributed by atoms with E-state index in [2.05, 4.69) is 26.7 Å². The van der Waals surface area contributed by atoms with Crippen molar-refractivity contribution < 1.29 is 4.74 Å². The number of nitrogens with one attached hydrogen (secondary N) is 2. The first-order valence-electron chi connectivity index (χ1n) is 7.81. The molecule has 0 saturated carbocycles. The summed E-state index contributed by atoms with van der Waals surface area (Å²) in [6.07, 6.45) is 2.65. The van der Waals surface area contributed by atoms with Gasteiger partial charge in [-0.05, 0) is 42.2 Å². The van der Waals surface area contributed by atoms with E-state index in [1.807, 2.05) is 25.1 Å². The van der Waals surface area contributed by atoms with Crippen LogP contribution in [-0.4, -0.2) is 31.6 Å². The second kappa shape index (κ2) is 9.13. The largest absolute Gasteiger partial charge is 0.496 e. The molecule has 0 bridgehead atoms. The van der Waals surface area contributed by atoms with Gasteiger partial charge < -0.3 is 15.4 Å². The van der Waals surface area contributed by atoms with Crippen molar-refractivity contribution in [1.29, 1.82) is 0 Å². The van der Waals surface area contributed by atoms with Crippen molar-refractivity contribution in [2.45, 2.75) is 19.9 Å². The smallest absolute Gasteiger partial charge is 0.191 e. The summed E-state index contributed by atoms with van der Waals surface area (Å²) in [5.74, 6) is 1.67. The zero-order valence-corrected chi connectivity index (χ0v) is 15.0. The molecular formula is C18H23ClN4O. The van der Waals surface area contributed by atoms with E-state index in [4.69, 9.17) is 16.3 Å². The molecule has 0 aliphatic rings. The van der Waals surface area contributed by atoms with Crippen LogP contribution in [0.5, 0.6) is 5.75 Å². The number of benzene rings is 1. The number of pyridine rings is 1. The molecule has 5 nitrogen and oxygen atoms in total. The molecule has 1 aromatic carbocycles. The van der Waals surface area contributed by atoms with Gasteiger partial charge in [0, 0.05) is 26.3 Å². The Kier molecular flexibility index (Phi) is 6.88. The average Bonchev–Trinajstić information content (AvgIpc) is 2.59. The van der Waals surface area contributed by atoms with E-state index in [1.165, 1.54) is 5.56 Å². The fraction of sp³-hybridized carbons (Fsp3) is 0.333. The highest BCUT2D eigenvalue weighted by Crippen LogP contribution is 2.18. The highest BCUT2D eigenvalue weighted by molar-refractivity contribution is 6.29. The Balaban J connectivity index is 1.80. The van der Waals surface area contributed by atoms with Crippen LogP contribution < -0.4 is 15.4 Å². The molecule has 2 aromatic rings. The predicted molar refractivity (Wildman–Crippen MR) is 98.9 cm³/mol. The predicted octanol–water partition coefficient (Wildman–Crippen LogP) is 2.96. The SMILES string of the molecule is CN=C(NCCc1ccc(Cl)nc1)NCc1ccc(OC)c(C)c1. The van der Waals surface area contributed by atoms with E-state index in [-0.39, 0.29) is 0 Å². The Morgan fingerprint density at radius 1 is 1.21 bits per heavy atom. The molecule has 0 saturated heterocycles. The normalized spacial score (nSPS) is 11.2. The molecule has 0 atom stereocenters. The van der Waals surface area contributed by atoms with E-state index >= 15 is 0 Å². The van der Waals surface area contributed by atoms with E-state index in [9.17, 15) is 0 Å². The van der Waals surface area contributed by atoms with Crippen molar-refractivity contribution in [2.75, 3.05) is 20.7 Å². The average molecular weight is 347 g/mol. The Morgan fingerprint density at radius 3 is 2.62 bits per heavy atom. The minimum atomic E-state index is 0.513. The first-order valence-corrected chi connectivity index (χ1v) is 8.18. The highest BCUT2D eigenvalue weighted by atomic mass is 35.5. The lowest BCUT2D eigenvalue weighted by molar-refractivity contribution is 0.411. The molecule has 1 aromatic heterocycles. The van der Waals surface area contributed by atoms with E-state index in [0.717, 1.165) is 35.8 Å². The van der Waals surface area contributed by atoms with Crippen LogP contribution in [0.2, 0.25) is 5.15 Å². The summed E-state index contributed by atoms with van der Waals surface area (Å²) in [5, 5.41) is 7.11. The lowest BCUT2D eigenvalue weighted by Crippen LogP contribution is -2.37. The number of hydrogen-bond acceptors (Lipinski definition) is 3. The molecule has 0 aliphatic carbocycles. The van der Waals surface area contributed by atoms with Crippen LogP contribution in [0.3, 0.4) is 0 Å². The molecule has 0 amide bonds. The third kappa shape index (κ3) is 5.42. The van der Waals surface area contributed by atoms with E-state index in [0.29, 0.717) is 11.7 Å².